The number of carbonyl (C=O) groups is 1. The molecule has 6 aromatic carbocycles. The molecule has 0 heterocycles. The highest BCUT2D eigenvalue weighted by Gasteiger charge is 2.03. The number of Topliss-reactive ketones (excluding diaryl/α,β-unsaturated/α-hetero) is 1. The highest BCUT2D eigenvalue weighted by molar-refractivity contribution is 6.02. The Morgan fingerprint density at radius 3 is 1.50 bits per heavy atom. The van der Waals surface area contributed by atoms with E-state index in [0.29, 0.717) is 13.2 Å². The minimum absolute atomic E-state index is 0.0905. The number of aliphatic hydroxyl groups is 1. The fraction of sp³-hybridized carbons (Fsp3) is 0.190. The first kappa shape index (κ1) is 38.9. The van der Waals surface area contributed by atoms with Gasteiger partial charge < -0.3 is 19.4 Å². The minimum Gasteiger partial charge on any atom is -0.497 e. The second-order valence-electron chi connectivity index (χ2n) is 11.0. The van der Waals surface area contributed by atoms with Crippen LogP contribution in [0.3, 0.4) is 0 Å². The van der Waals surface area contributed by atoms with Crippen molar-refractivity contribution >= 4 is 33.0 Å². The van der Waals surface area contributed by atoms with Crippen molar-refractivity contribution in [2.24, 2.45) is 11.1 Å². The van der Waals surface area contributed by atoms with Gasteiger partial charge in [-0.05, 0) is 95.4 Å². The van der Waals surface area contributed by atoms with E-state index in [1.54, 1.807) is 28.1 Å². The average Bonchev–Trinajstić information content (AvgIpc) is 3.15. The van der Waals surface area contributed by atoms with E-state index < -0.39 is 0 Å². The Balaban J connectivity index is 0.000000214. The van der Waals surface area contributed by atoms with Crippen molar-refractivity contribution in [3.8, 4) is 11.5 Å². The van der Waals surface area contributed by atoms with Crippen molar-refractivity contribution in [1.29, 1.82) is 0 Å². The zero-order valence-corrected chi connectivity index (χ0v) is 29.3. The molecular weight excluding hydrogens is 628 g/mol. The Hall–Kier alpha value is -5.54. The number of ether oxygens (including phenoxy) is 2. The van der Waals surface area contributed by atoms with Crippen LogP contribution in [0.4, 0.5) is 0 Å². The van der Waals surface area contributed by atoms with Crippen molar-refractivity contribution in [2.45, 2.75) is 34.0 Å². The summed E-state index contributed by atoms with van der Waals surface area (Å²) in [4.78, 5) is 21.1. The lowest BCUT2D eigenvalue weighted by molar-refractivity contribution is 0.101. The lowest BCUT2D eigenvalue weighted by atomic mass is 10.0. The molecule has 6 rings (SSSR count). The van der Waals surface area contributed by atoms with E-state index in [2.05, 4.69) is 28.2 Å². The largest absolute Gasteiger partial charge is 0.497 e. The first-order valence-electron chi connectivity index (χ1n) is 16.2. The molecule has 8 nitrogen and oxygen atoms in total. The van der Waals surface area contributed by atoms with Gasteiger partial charge in [0, 0.05) is 12.2 Å². The van der Waals surface area contributed by atoms with E-state index in [4.69, 9.17) is 25.3 Å². The fourth-order valence-corrected chi connectivity index (χ4v) is 4.65. The Bertz CT molecular complexity index is 1930. The third kappa shape index (κ3) is 12.8. The van der Waals surface area contributed by atoms with Gasteiger partial charge in [-0.2, -0.15) is 0 Å². The van der Waals surface area contributed by atoms with Gasteiger partial charge in [-0.25, -0.2) is 5.90 Å². The molecular formula is C42H46N2O6. The molecule has 0 bridgehead atoms. The molecule has 0 atom stereocenters. The quantitative estimate of drug-likeness (QED) is 0.0895. The predicted molar refractivity (Wildman–Crippen MR) is 203 cm³/mol. The topological polar surface area (TPSA) is 113 Å². The SMILES string of the molecule is CCO.COc1ccc2cc(/C(C)=N/OCc3ccccc3)ccc2c1.COc1ccc2cc(C(C)=O)ccc2c1.NOCc1ccccc1. The molecule has 8 heteroatoms. The first-order valence-corrected chi connectivity index (χ1v) is 16.2. The van der Waals surface area contributed by atoms with Crippen molar-refractivity contribution in [3.63, 3.8) is 0 Å². The van der Waals surface area contributed by atoms with Crippen LogP contribution in [0.1, 0.15) is 47.8 Å². The number of nitrogens with two attached hydrogens (primary N) is 1. The number of fused-ring (bicyclic) bond motifs is 2. The maximum atomic E-state index is 11.2. The lowest BCUT2D eigenvalue weighted by Crippen LogP contribution is -1.97. The molecule has 0 aromatic heterocycles. The van der Waals surface area contributed by atoms with Gasteiger partial charge in [0.05, 0.1) is 26.5 Å². The number of oxime groups is 1. The van der Waals surface area contributed by atoms with Gasteiger partial charge >= 0.3 is 0 Å². The van der Waals surface area contributed by atoms with Crippen LogP contribution < -0.4 is 15.4 Å². The lowest BCUT2D eigenvalue weighted by Gasteiger charge is -2.06. The summed E-state index contributed by atoms with van der Waals surface area (Å²) in [6, 6.07) is 43.6. The van der Waals surface area contributed by atoms with Crippen LogP contribution in [0, 0.1) is 0 Å². The van der Waals surface area contributed by atoms with Crippen molar-refractivity contribution in [3.05, 3.63) is 156 Å². The summed E-state index contributed by atoms with van der Waals surface area (Å²) in [5.41, 5.74) is 4.86. The van der Waals surface area contributed by atoms with E-state index >= 15 is 0 Å². The Labute approximate surface area is 294 Å². The maximum Gasteiger partial charge on any atom is 0.159 e. The first-order chi connectivity index (χ1) is 24.3. The molecule has 0 saturated carbocycles. The van der Waals surface area contributed by atoms with Crippen LogP contribution >= 0.6 is 0 Å². The third-order valence-electron chi connectivity index (χ3n) is 7.29. The van der Waals surface area contributed by atoms with Crippen molar-refractivity contribution in [1.82, 2.24) is 0 Å². The molecule has 0 saturated heterocycles. The van der Waals surface area contributed by atoms with E-state index in [9.17, 15) is 4.79 Å². The van der Waals surface area contributed by atoms with Gasteiger partial charge in [-0.3, -0.25) is 9.63 Å². The highest BCUT2D eigenvalue weighted by Crippen LogP contribution is 2.23. The molecule has 0 unspecified atom stereocenters. The summed E-state index contributed by atoms with van der Waals surface area (Å²) in [7, 11) is 3.32. The number of hydrogen-bond donors (Lipinski definition) is 2. The molecule has 0 aliphatic heterocycles. The number of carbonyl (C=O) groups excluding carboxylic acids is 1. The normalized spacial score (nSPS) is 10.4. The summed E-state index contributed by atoms with van der Waals surface area (Å²) in [6.45, 7) is 6.42. The molecule has 0 fully saturated rings. The molecule has 50 heavy (non-hydrogen) atoms. The van der Waals surface area contributed by atoms with Crippen LogP contribution in [0.5, 0.6) is 11.5 Å². The number of nitrogens with zero attached hydrogens (tertiary/aromatic N) is 1. The van der Waals surface area contributed by atoms with Gasteiger partial charge in [0.15, 0.2) is 5.78 Å². The van der Waals surface area contributed by atoms with Crippen molar-refractivity contribution in [2.75, 3.05) is 20.8 Å². The summed E-state index contributed by atoms with van der Waals surface area (Å²) in [6.07, 6.45) is 0. The smallest absolute Gasteiger partial charge is 0.159 e. The standard InChI is InChI=1S/C20H19NO2.C13H12O2.C7H9NO.C2H6O/c1-15(21-23-14-16-6-4-3-5-7-16)17-8-9-19-13-20(22-2)11-10-18(19)12-17;1-9(14)10-3-4-12-8-13(15-2)6-5-11(12)7-10;8-9-6-7-4-2-1-3-5-7;1-2-3/h3-13H,14H2,1-2H3;3-8H,1-2H3;1-5H,6,8H2;3H,2H2,1H3/b21-15+;;;. The van der Waals surface area contributed by atoms with Crippen LogP contribution in [0.2, 0.25) is 0 Å². The van der Waals surface area contributed by atoms with Gasteiger partial charge in [-0.1, -0.05) is 102 Å². The van der Waals surface area contributed by atoms with E-state index in [1.165, 1.54) is 0 Å². The molecule has 0 spiro atoms. The van der Waals surface area contributed by atoms with Crippen LogP contribution in [0.25, 0.3) is 21.5 Å². The van der Waals surface area contributed by atoms with Crippen LogP contribution in [0.15, 0.2) is 139 Å². The minimum atomic E-state index is 0.0905. The second-order valence-corrected chi connectivity index (χ2v) is 11.0. The number of methoxy groups -OCH3 is 2. The zero-order chi connectivity index (χ0) is 36.1. The van der Waals surface area contributed by atoms with Gasteiger partial charge in [0.2, 0.25) is 0 Å². The monoisotopic (exact) mass is 674 g/mol. The Morgan fingerprint density at radius 2 is 1.04 bits per heavy atom. The maximum absolute atomic E-state index is 11.2. The molecule has 0 amide bonds. The summed E-state index contributed by atoms with van der Waals surface area (Å²) in [5.74, 6) is 6.65. The summed E-state index contributed by atoms with van der Waals surface area (Å²) in [5, 5.41) is 16.2. The molecule has 3 N–H and O–H groups in total. The van der Waals surface area contributed by atoms with Crippen molar-refractivity contribution < 1.29 is 29.0 Å². The third-order valence-corrected chi connectivity index (χ3v) is 7.29. The fourth-order valence-electron chi connectivity index (χ4n) is 4.65. The number of rotatable bonds is 9. The second kappa shape index (κ2) is 21.4. The summed E-state index contributed by atoms with van der Waals surface area (Å²) < 4.78 is 10.4. The number of ketones is 1. The Kier molecular flexibility index (Phi) is 16.7. The Morgan fingerprint density at radius 1 is 0.620 bits per heavy atom. The number of benzene rings is 6. The molecule has 0 radical (unpaired) electrons. The predicted octanol–water partition coefficient (Wildman–Crippen LogP) is 8.92. The molecule has 0 aliphatic carbocycles. The average molecular weight is 675 g/mol. The van der Waals surface area contributed by atoms with E-state index in [0.717, 1.165) is 61.0 Å². The molecule has 6 aromatic rings. The van der Waals surface area contributed by atoms with E-state index in [1.807, 2.05) is 122 Å². The van der Waals surface area contributed by atoms with Crippen LogP contribution in [-0.2, 0) is 22.9 Å². The molecule has 260 valence electrons. The zero-order valence-electron chi connectivity index (χ0n) is 29.3. The van der Waals surface area contributed by atoms with Gasteiger partial charge in [-0.15, -0.1) is 0 Å². The van der Waals surface area contributed by atoms with E-state index in [-0.39, 0.29) is 12.4 Å². The number of aliphatic hydroxyl groups excluding tert-OH is 1. The van der Waals surface area contributed by atoms with Crippen LogP contribution in [-0.4, -0.2) is 37.4 Å². The number of hydrogen-bond acceptors (Lipinski definition) is 8. The highest BCUT2D eigenvalue weighted by atomic mass is 16.6. The van der Waals surface area contributed by atoms with Gasteiger partial charge in [0.1, 0.15) is 18.1 Å². The molecule has 0 aliphatic rings. The van der Waals surface area contributed by atoms with Gasteiger partial charge in [0.25, 0.3) is 0 Å². The summed E-state index contributed by atoms with van der Waals surface area (Å²) >= 11 is 0.